The predicted octanol–water partition coefficient (Wildman–Crippen LogP) is 2.58. The van der Waals surface area contributed by atoms with Crippen molar-refractivity contribution in [2.75, 3.05) is 5.43 Å². The molecule has 0 saturated carbocycles. The summed E-state index contributed by atoms with van der Waals surface area (Å²) in [6.07, 6.45) is 0. The first kappa shape index (κ1) is 17.0. The van der Waals surface area contributed by atoms with Crippen molar-refractivity contribution < 1.29 is 12.6 Å². The van der Waals surface area contributed by atoms with E-state index in [-0.39, 0.29) is 16.4 Å². The highest BCUT2D eigenvalue weighted by molar-refractivity contribution is 7.87. The van der Waals surface area contributed by atoms with Gasteiger partial charge in [-0.25, -0.2) is 0 Å². The molecular formula is C16H12N4O3S. The molecule has 2 aromatic carbocycles. The van der Waals surface area contributed by atoms with Gasteiger partial charge in [0.2, 0.25) is 5.71 Å². The number of hydrogen-bond acceptors (Lipinski definition) is 7. The Morgan fingerprint density at radius 3 is 2.42 bits per heavy atom. The second-order valence-corrected chi connectivity index (χ2v) is 6.17. The molecule has 0 saturated heterocycles. The number of para-hydroxylation sites is 1. The van der Waals surface area contributed by atoms with Crippen LogP contribution in [0.15, 0.2) is 58.5 Å². The Labute approximate surface area is 139 Å². The molecule has 0 bridgehead atoms. The van der Waals surface area contributed by atoms with Gasteiger partial charge in [-0.15, -0.1) is 0 Å². The Bertz CT molecular complexity index is 939. The minimum absolute atomic E-state index is 0.0786. The van der Waals surface area contributed by atoms with Crippen molar-refractivity contribution in [1.29, 1.82) is 10.5 Å². The number of hydrogen-bond donors (Lipinski definition) is 1. The minimum atomic E-state index is -4.02. The average molecular weight is 340 g/mol. The van der Waals surface area contributed by atoms with Crippen LogP contribution >= 0.6 is 0 Å². The van der Waals surface area contributed by atoms with Crippen molar-refractivity contribution in [2.24, 2.45) is 5.10 Å². The number of anilines is 1. The van der Waals surface area contributed by atoms with Crippen LogP contribution in [0.3, 0.4) is 0 Å². The highest BCUT2D eigenvalue weighted by Gasteiger charge is 2.18. The lowest BCUT2D eigenvalue weighted by Crippen LogP contribution is -2.10. The van der Waals surface area contributed by atoms with E-state index in [1.54, 1.807) is 43.3 Å². The van der Waals surface area contributed by atoms with Crippen LogP contribution in [0, 0.1) is 29.6 Å². The van der Waals surface area contributed by atoms with E-state index in [1.165, 1.54) is 24.3 Å². The number of aryl methyl sites for hydroxylation is 1. The number of nitrogens with one attached hydrogen (secondary N) is 1. The van der Waals surface area contributed by atoms with Crippen LogP contribution < -0.4 is 9.61 Å². The van der Waals surface area contributed by atoms with E-state index in [9.17, 15) is 8.42 Å². The molecule has 0 spiro atoms. The molecule has 7 nitrogen and oxygen atoms in total. The van der Waals surface area contributed by atoms with E-state index in [0.717, 1.165) is 0 Å². The number of hydrazone groups is 1. The third-order valence-corrected chi connectivity index (χ3v) is 4.19. The molecule has 2 aromatic rings. The topological polar surface area (TPSA) is 115 Å². The molecule has 0 heterocycles. The van der Waals surface area contributed by atoms with Gasteiger partial charge in [0.15, 0.2) is 0 Å². The van der Waals surface area contributed by atoms with Gasteiger partial charge in [0.05, 0.1) is 5.69 Å². The number of nitriles is 2. The molecule has 24 heavy (non-hydrogen) atoms. The van der Waals surface area contributed by atoms with Gasteiger partial charge in [0, 0.05) is 0 Å². The van der Waals surface area contributed by atoms with Gasteiger partial charge >= 0.3 is 10.1 Å². The van der Waals surface area contributed by atoms with Crippen LogP contribution in [-0.4, -0.2) is 14.1 Å². The lowest BCUT2D eigenvalue weighted by Gasteiger charge is -2.10. The molecule has 0 radical (unpaired) electrons. The van der Waals surface area contributed by atoms with Crippen LogP contribution in [0.5, 0.6) is 5.75 Å². The third-order valence-electron chi connectivity index (χ3n) is 2.95. The zero-order valence-corrected chi connectivity index (χ0v) is 13.4. The van der Waals surface area contributed by atoms with Gasteiger partial charge < -0.3 is 4.18 Å². The monoisotopic (exact) mass is 340 g/mol. The van der Waals surface area contributed by atoms with Crippen LogP contribution in [0.25, 0.3) is 0 Å². The first-order valence-corrected chi connectivity index (χ1v) is 8.11. The van der Waals surface area contributed by atoms with Crippen molar-refractivity contribution >= 4 is 21.5 Å². The van der Waals surface area contributed by atoms with Crippen LogP contribution in [0.1, 0.15) is 5.56 Å². The molecule has 0 unspecified atom stereocenters. The summed E-state index contributed by atoms with van der Waals surface area (Å²) in [6.45, 7) is 1.73. The summed E-state index contributed by atoms with van der Waals surface area (Å²) in [5, 5.41) is 20.9. The van der Waals surface area contributed by atoms with E-state index >= 15 is 0 Å². The first-order valence-electron chi connectivity index (χ1n) is 6.70. The molecule has 0 aliphatic rings. The van der Waals surface area contributed by atoms with Gasteiger partial charge in [-0.05, 0) is 36.8 Å². The second-order valence-electron chi connectivity index (χ2n) is 4.62. The van der Waals surface area contributed by atoms with E-state index in [0.29, 0.717) is 11.3 Å². The molecule has 120 valence electrons. The van der Waals surface area contributed by atoms with Gasteiger partial charge in [0.25, 0.3) is 0 Å². The summed E-state index contributed by atoms with van der Waals surface area (Å²) in [6, 6.07) is 15.6. The normalized spacial score (nSPS) is 10.1. The smallest absolute Gasteiger partial charge is 0.339 e. The predicted molar refractivity (Wildman–Crippen MR) is 87.7 cm³/mol. The second kappa shape index (κ2) is 7.27. The molecule has 1 N–H and O–H groups in total. The molecule has 0 aliphatic heterocycles. The fraction of sp³-hybridized carbons (Fsp3) is 0.0625. The SMILES string of the molecule is Cc1ccc(S(=O)(=O)Oc2ccccc2)cc1NN=C(C#N)C#N. The standard InChI is InChI=1S/C16H12N4O3S/c1-12-7-8-15(9-16(12)20-19-13(10-17)11-18)24(21,22)23-14-5-3-2-4-6-14/h2-9,20H,1H3. The maximum atomic E-state index is 12.3. The van der Waals surface area contributed by atoms with Crippen molar-refractivity contribution in [1.82, 2.24) is 0 Å². The van der Waals surface area contributed by atoms with Gasteiger partial charge in [-0.2, -0.15) is 24.0 Å². The summed E-state index contributed by atoms with van der Waals surface area (Å²) in [5.74, 6) is 0.196. The molecule has 8 heteroatoms. The number of nitrogens with zero attached hydrogens (tertiary/aromatic N) is 3. The Morgan fingerprint density at radius 2 is 1.79 bits per heavy atom. The lowest BCUT2D eigenvalue weighted by atomic mass is 10.2. The largest absolute Gasteiger partial charge is 0.379 e. The molecule has 0 fully saturated rings. The Kier molecular flexibility index (Phi) is 5.15. The van der Waals surface area contributed by atoms with Crippen LogP contribution in [0.2, 0.25) is 0 Å². The maximum absolute atomic E-state index is 12.3. The molecule has 0 atom stereocenters. The third kappa shape index (κ3) is 4.09. The van der Waals surface area contributed by atoms with Crippen LogP contribution in [0.4, 0.5) is 5.69 Å². The molecule has 0 aromatic heterocycles. The summed E-state index contributed by atoms with van der Waals surface area (Å²) >= 11 is 0. The first-order chi connectivity index (χ1) is 11.5. The fourth-order valence-corrected chi connectivity index (χ4v) is 2.68. The molecular weight excluding hydrogens is 328 g/mol. The molecule has 0 aliphatic carbocycles. The molecule has 0 amide bonds. The minimum Gasteiger partial charge on any atom is -0.379 e. The van der Waals surface area contributed by atoms with Crippen molar-refractivity contribution in [3.05, 3.63) is 54.1 Å². The quantitative estimate of drug-likeness (QED) is 0.508. The van der Waals surface area contributed by atoms with Crippen molar-refractivity contribution in [3.63, 3.8) is 0 Å². The van der Waals surface area contributed by atoms with Crippen LogP contribution in [-0.2, 0) is 10.1 Å². The summed E-state index contributed by atoms with van der Waals surface area (Å²) in [7, 11) is -4.02. The van der Waals surface area contributed by atoms with E-state index in [4.69, 9.17) is 14.7 Å². The van der Waals surface area contributed by atoms with Gasteiger partial charge in [-0.1, -0.05) is 24.3 Å². The number of rotatable bonds is 5. The number of benzene rings is 2. The highest BCUT2D eigenvalue weighted by atomic mass is 32.2. The zero-order chi connectivity index (χ0) is 17.6. The summed E-state index contributed by atoms with van der Waals surface area (Å²) in [5.41, 5.74) is 3.17. The van der Waals surface area contributed by atoms with E-state index in [2.05, 4.69) is 10.5 Å². The van der Waals surface area contributed by atoms with E-state index in [1.807, 2.05) is 0 Å². The van der Waals surface area contributed by atoms with E-state index < -0.39 is 10.1 Å². The Morgan fingerprint density at radius 1 is 1.12 bits per heavy atom. The summed E-state index contributed by atoms with van der Waals surface area (Å²) < 4.78 is 29.7. The fourth-order valence-electron chi connectivity index (χ4n) is 1.72. The van der Waals surface area contributed by atoms with Crippen molar-refractivity contribution in [3.8, 4) is 17.9 Å². The lowest BCUT2D eigenvalue weighted by molar-refractivity contribution is 0.486. The van der Waals surface area contributed by atoms with Gasteiger partial charge in [-0.3, -0.25) is 5.43 Å². The van der Waals surface area contributed by atoms with Gasteiger partial charge in [0.1, 0.15) is 22.8 Å². The Balaban J connectivity index is 2.32. The maximum Gasteiger partial charge on any atom is 0.339 e. The van der Waals surface area contributed by atoms with Crippen molar-refractivity contribution in [2.45, 2.75) is 11.8 Å². The molecule has 2 rings (SSSR count). The zero-order valence-electron chi connectivity index (χ0n) is 12.6. The summed E-state index contributed by atoms with van der Waals surface area (Å²) in [4.78, 5) is -0.0786. The Hall–Kier alpha value is -3.36. The average Bonchev–Trinajstić information content (AvgIpc) is 2.57. The highest BCUT2D eigenvalue weighted by Crippen LogP contribution is 2.23.